The third-order valence-electron chi connectivity index (χ3n) is 4.67. The summed E-state index contributed by atoms with van der Waals surface area (Å²) in [4.78, 5) is 0. The first-order valence-corrected chi connectivity index (χ1v) is 10.6. The number of fused-ring (bicyclic) bond motifs is 1. The van der Waals surface area contributed by atoms with Crippen molar-refractivity contribution in [2.24, 2.45) is 4.76 Å². The Kier molecular flexibility index (Phi) is 4.75. The number of hydrogen-bond donors (Lipinski definition) is 0. The average molecular weight is 369 g/mol. The van der Waals surface area contributed by atoms with Gasteiger partial charge in [-0.15, -0.1) is 0 Å². The maximum absolute atomic E-state index is 14.1. The van der Waals surface area contributed by atoms with Crippen molar-refractivity contribution in [2.75, 3.05) is 0 Å². The van der Waals surface area contributed by atoms with E-state index >= 15 is 0 Å². The van der Waals surface area contributed by atoms with Crippen molar-refractivity contribution in [1.82, 2.24) is 0 Å². The van der Waals surface area contributed by atoms with Gasteiger partial charge in [0, 0.05) is 16.3 Å². The van der Waals surface area contributed by atoms with Crippen LogP contribution in [0.3, 0.4) is 0 Å². The van der Waals surface area contributed by atoms with Crippen molar-refractivity contribution in [3.8, 4) is 0 Å². The second kappa shape index (κ2) is 7.34. The summed E-state index contributed by atoms with van der Waals surface area (Å²) in [6, 6.07) is 33.5. The summed E-state index contributed by atoms with van der Waals surface area (Å²) in [6.45, 7) is 1.93. The fourth-order valence-electron chi connectivity index (χ4n) is 3.21. The van der Waals surface area contributed by atoms with E-state index in [2.05, 4.69) is 24.3 Å². The molecule has 0 aliphatic rings. The molecule has 0 atom stereocenters. The molecule has 27 heavy (non-hydrogen) atoms. The molecule has 0 saturated heterocycles. The predicted octanol–water partition coefficient (Wildman–Crippen LogP) is 5.58. The molecule has 4 aromatic carbocycles. The van der Waals surface area contributed by atoms with Gasteiger partial charge in [-0.2, -0.15) is 0 Å². The van der Waals surface area contributed by atoms with Gasteiger partial charge >= 0.3 is 0 Å². The van der Waals surface area contributed by atoms with Crippen LogP contribution in [0.25, 0.3) is 10.8 Å². The predicted molar refractivity (Wildman–Crippen MR) is 116 cm³/mol. The molecule has 0 heterocycles. The zero-order valence-corrected chi connectivity index (χ0v) is 16.0. The topological polar surface area (TPSA) is 29.4 Å². The van der Waals surface area contributed by atoms with Gasteiger partial charge in [-0.1, -0.05) is 72.8 Å². The Balaban J connectivity index is 1.86. The van der Waals surface area contributed by atoms with E-state index in [-0.39, 0.29) is 0 Å². The Morgan fingerprint density at radius 2 is 1.19 bits per heavy atom. The van der Waals surface area contributed by atoms with Crippen LogP contribution in [0.2, 0.25) is 0 Å². The molecule has 0 N–H and O–H groups in total. The van der Waals surface area contributed by atoms with E-state index in [9.17, 15) is 4.57 Å². The molecule has 3 heteroatoms. The maximum atomic E-state index is 14.1. The molecule has 2 nitrogen and oxygen atoms in total. The molecule has 0 unspecified atom stereocenters. The van der Waals surface area contributed by atoms with Crippen molar-refractivity contribution in [1.29, 1.82) is 0 Å². The smallest absolute Gasteiger partial charge is 0.247 e. The molecule has 0 saturated carbocycles. The number of rotatable bonds is 4. The summed E-state index contributed by atoms with van der Waals surface area (Å²) in [7, 11) is -3.12. The van der Waals surface area contributed by atoms with E-state index in [1.54, 1.807) is 0 Å². The van der Waals surface area contributed by atoms with Gasteiger partial charge in [-0.3, -0.25) is 4.57 Å². The van der Waals surface area contributed by atoms with Crippen molar-refractivity contribution >= 4 is 34.4 Å². The van der Waals surface area contributed by atoms with Crippen LogP contribution < -0.4 is 10.6 Å². The maximum Gasteiger partial charge on any atom is 0.247 e. The van der Waals surface area contributed by atoms with Gasteiger partial charge in [0.15, 0.2) is 0 Å². The van der Waals surface area contributed by atoms with E-state index in [0.29, 0.717) is 0 Å². The molecular formula is C24H20NOP. The molecule has 0 radical (unpaired) electrons. The van der Waals surface area contributed by atoms with E-state index in [4.69, 9.17) is 4.76 Å². The molecule has 0 amide bonds. The van der Waals surface area contributed by atoms with Crippen LogP contribution in [0.4, 0.5) is 0 Å². The summed E-state index contributed by atoms with van der Waals surface area (Å²) < 4.78 is 18.9. The number of benzene rings is 4. The van der Waals surface area contributed by atoms with E-state index in [0.717, 1.165) is 27.3 Å². The van der Waals surface area contributed by atoms with Crippen LogP contribution in [0.5, 0.6) is 0 Å². The minimum atomic E-state index is -3.12. The van der Waals surface area contributed by atoms with Crippen LogP contribution in [0.1, 0.15) is 12.5 Å². The largest absolute Gasteiger partial charge is 0.288 e. The van der Waals surface area contributed by atoms with Crippen molar-refractivity contribution in [2.45, 2.75) is 6.92 Å². The summed E-state index contributed by atoms with van der Waals surface area (Å²) in [5, 5.41) is 3.83. The fraction of sp³-hybridized carbons (Fsp3) is 0.0417. The second-order valence-corrected chi connectivity index (χ2v) is 8.88. The van der Waals surface area contributed by atoms with Crippen LogP contribution >= 0.6 is 7.29 Å². The molecule has 0 aliphatic carbocycles. The summed E-state index contributed by atoms with van der Waals surface area (Å²) >= 11 is 0. The lowest BCUT2D eigenvalue weighted by Gasteiger charge is -2.16. The lowest BCUT2D eigenvalue weighted by Crippen LogP contribution is -2.15. The number of hydrogen-bond acceptors (Lipinski definition) is 1. The molecule has 0 aromatic heterocycles. The third kappa shape index (κ3) is 3.49. The van der Waals surface area contributed by atoms with E-state index in [1.165, 1.54) is 5.39 Å². The molecule has 0 spiro atoms. The molecule has 132 valence electrons. The van der Waals surface area contributed by atoms with Crippen LogP contribution in [0.15, 0.2) is 108 Å². The molecule has 0 aliphatic heterocycles. The van der Waals surface area contributed by atoms with Crippen LogP contribution in [-0.2, 0) is 4.57 Å². The van der Waals surface area contributed by atoms with Crippen molar-refractivity contribution in [3.63, 3.8) is 0 Å². The lowest BCUT2D eigenvalue weighted by molar-refractivity contribution is 0.588. The molecule has 0 fully saturated rings. The fourth-order valence-corrected chi connectivity index (χ4v) is 5.43. The van der Waals surface area contributed by atoms with Crippen molar-refractivity contribution < 1.29 is 4.57 Å². The highest BCUT2D eigenvalue weighted by atomic mass is 31.2. The molecule has 4 aromatic rings. The zero-order chi connectivity index (χ0) is 18.7. The monoisotopic (exact) mass is 369 g/mol. The van der Waals surface area contributed by atoms with Crippen LogP contribution in [0, 0.1) is 0 Å². The first-order chi connectivity index (χ1) is 13.2. The van der Waals surface area contributed by atoms with E-state index < -0.39 is 7.29 Å². The summed E-state index contributed by atoms with van der Waals surface area (Å²) in [5.74, 6) is 0. The van der Waals surface area contributed by atoms with E-state index in [1.807, 2.05) is 85.8 Å². The standard InChI is InChI=1S/C24H20NOP/c1-19(21-17-16-20-10-8-9-11-22(20)18-21)25-27(26,23-12-4-2-5-13-23)24-14-6-3-7-15-24/h2-18H,1H3. The molecular weight excluding hydrogens is 349 g/mol. The Bertz CT molecular complexity index is 1110. The molecule has 4 rings (SSSR count). The first kappa shape index (κ1) is 17.5. The highest BCUT2D eigenvalue weighted by Gasteiger charge is 2.26. The van der Waals surface area contributed by atoms with Gasteiger partial charge in [0.1, 0.15) is 0 Å². The highest BCUT2D eigenvalue weighted by molar-refractivity contribution is 7.77. The number of nitrogens with zero attached hydrogens (tertiary/aromatic N) is 1. The average Bonchev–Trinajstić information content (AvgIpc) is 2.74. The van der Waals surface area contributed by atoms with Gasteiger partial charge in [0.2, 0.25) is 7.29 Å². The van der Waals surface area contributed by atoms with Gasteiger partial charge in [0.25, 0.3) is 0 Å². The van der Waals surface area contributed by atoms with Crippen molar-refractivity contribution in [3.05, 3.63) is 109 Å². The highest BCUT2D eigenvalue weighted by Crippen LogP contribution is 2.45. The quantitative estimate of drug-likeness (QED) is 0.341. The van der Waals surface area contributed by atoms with Gasteiger partial charge in [0.05, 0.1) is 0 Å². The summed E-state index contributed by atoms with van der Waals surface area (Å²) in [6.07, 6.45) is 0. The zero-order valence-electron chi connectivity index (χ0n) is 15.1. The Hall–Kier alpha value is -2.96. The van der Waals surface area contributed by atoms with Crippen LogP contribution in [-0.4, -0.2) is 5.71 Å². The Morgan fingerprint density at radius 1 is 0.667 bits per heavy atom. The van der Waals surface area contributed by atoms with Gasteiger partial charge in [-0.05, 0) is 53.6 Å². The third-order valence-corrected chi connectivity index (χ3v) is 7.25. The Labute approximate surface area is 159 Å². The lowest BCUT2D eigenvalue weighted by atomic mass is 10.1. The normalized spacial score (nSPS) is 12.3. The second-order valence-electron chi connectivity index (χ2n) is 6.49. The summed E-state index contributed by atoms with van der Waals surface area (Å²) in [5.41, 5.74) is 1.76. The Morgan fingerprint density at radius 3 is 1.78 bits per heavy atom. The van der Waals surface area contributed by atoms with Gasteiger partial charge < -0.3 is 0 Å². The first-order valence-electron chi connectivity index (χ1n) is 8.94. The molecule has 0 bridgehead atoms. The van der Waals surface area contributed by atoms with Gasteiger partial charge in [-0.25, -0.2) is 4.76 Å². The SMILES string of the molecule is CC(=NP(=O)(c1ccccc1)c1ccccc1)c1ccc2ccccc2c1. The minimum absolute atomic E-state index is 0.747. The minimum Gasteiger partial charge on any atom is -0.288 e.